The Balaban J connectivity index is 2.93. The molecule has 3 nitrogen and oxygen atoms in total. The molecule has 17 heavy (non-hydrogen) atoms. The second-order valence-corrected chi connectivity index (χ2v) is 4.83. The summed E-state index contributed by atoms with van der Waals surface area (Å²) in [6, 6.07) is 3.39. The highest BCUT2D eigenvalue weighted by atomic mass is 79.9. The van der Waals surface area contributed by atoms with Crippen molar-refractivity contribution in [1.82, 2.24) is 0 Å². The van der Waals surface area contributed by atoms with E-state index in [-0.39, 0.29) is 0 Å². The van der Waals surface area contributed by atoms with Crippen LogP contribution in [0.3, 0.4) is 0 Å². The molecule has 0 amide bonds. The third-order valence-electron chi connectivity index (χ3n) is 2.60. The van der Waals surface area contributed by atoms with Crippen LogP contribution in [0, 0.1) is 5.92 Å². The topological polar surface area (TPSA) is 35.5 Å². The molecule has 0 saturated heterocycles. The first-order chi connectivity index (χ1) is 8.12. The van der Waals surface area contributed by atoms with Gasteiger partial charge in [-0.15, -0.1) is 0 Å². The second kappa shape index (κ2) is 6.64. The van der Waals surface area contributed by atoms with Gasteiger partial charge in [-0.25, -0.2) is 0 Å². The van der Waals surface area contributed by atoms with Gasteiger partial charge in [0.1, 0.15) is 6.29 Å². The number of aldehydes is 1. The number of carbonyl (C=O) groups excluding carboxylic acids is 1. The molecule has 1 aromatic carbocycles. The predicted molar refractivity (Wildman–Crippen MR) is 71.0 cm³/mol. The van der Waals surface area contributed by atoms with Crippen LogP contribution in [-0.2, 0) is 0 Å². The Bertz CT molecular complexity index is 390. The van der Waals surface area contributed by atoms with E-state index in [1.165, 1.54) is 0 Å². The largest absolute Gasteiger partial charge is 0.493 e. The fraction of sp³-hybridized carbons (Fsp3) is 0.462. The molecule has 0 bridgehead atoms. The molecule has 0 heterocycles. The maximum atomic E-state index is 10.7. The molecule has 0 aliphatic heterocycles. The number of ether oxygens (including phenoxy) is 2. The summed E-state index contributed by atoms with van der Waals surface area (Å²) in [6.07, 6.45) is 1.85. The number of carbonyl (C=O) groups is 1. The number of hydrogen-bond acceptors (Lipinski definition) is 3. The quantitative estimate of drug-likeness (QED) is 0.752. The van der Waals surface area contributed by atoms with Crippen molar-refractivity contribution in [2.45, 2.75) is 20.3 Å². The first kappa shape index (κ1) is 14.0. The lowest BCUT2D eigenvalue weighted by molar-refractivity contribution is 0.112. The number of halogens is 1. The normalized spacial score (nSPS) is 12.0. The van der Waals surface area contributed by atoms with Gasteiger partial charge >= 0.3 is 0 Å². The molecule has 1 atom stereocenters. The van der Waals surface area contributed by atoms with Crippen molar-refractivity contribution in [1.29, 1.82) is 0 Å². The molecule has 1 unspecified atom stereocenters. The van der Waals surface area contributed by atoms with Crippen molar-refractivity contribution >= 4 is 22.2 Å². The minimum absolute atomic E-state index is 0.484. The molecule has 4 heteroatoms. The Hall–Kier alpha value is -1.03. The fourth-order valence-corrected chi connectivity index (χ4v) is 1.87. The van der Waals surface area contributed by atoms with Crippen molar-refractivity contribution < 1.29 is 14.3 Å². The zero-order valence-corrected chi connectivity index (χ0v) is 11.9. The average Bonchev–Trinajstić information content (AvgIpc) is 2.35. The molecular formula is C13H17BrO3. The first-order valence-corrected chi connectivity index (χ1v) is 6.37. The van der Waals surface area contributed by atoms with E-state index in [9.17, 15) is 4.79 Å². The lowest BCUT2D eigenvalue weighted by Gasteiger charge is -2.15. The summed E-state index contributed by atoms with van der Waals surface area (Å²) < 4.78 is 11.7. The molecule has 0 radical (unpaired) electrons. The van der Waals surface area contributed by atoms with Crippen molar-refractivity contribution in [2.24, 2.45) is 5.92 Å². The van der Waals surface area contributed by atoms with E-state index >= 15 is 0 Å². The summed E-state index contributed by atoms with van der Waals surface area (Å²) in [5.74, 6) is 1.71. The fourth-order valence-electron chi connectivity index (χ4n) is 1.29. The van der Waals surface area contributed by atoms with E-state index in [2.05, 4.69) is 29.8 Å². The molecule has 1 aromatic rings. The zero-order chi connectivity index (χ0) is 12.8. The van der Waals surface area contributed by atoms with Gasteiger partial charge in [-0.05, 0) is 34.0 Å². The van der Waals surface area contributed by atoms with Crippen molar-refractivity contribution in [3.63, 3.8) is 0 Å². The summed E-state index contributed by atoms with van der Waals surface area (Å²) in [5.41, 5.74) is 0.560. The zero-order valence-electron chi connectivity index (χ0n) is 10.3. The van der Waals surface area contributed by atoms with Gasteiger partial charge in [0.2, 0.25) is 0 Å². The number of hydrogen-bond donors (Lipinski definition) is 0. The number of benzene rings is 1. The molecule has 0 saturated carbocycles. The van der Waals surface area contributed by atoms with Crippen LogP contribution in [0.4, 0.5) is 0 Å². The lowest BCUT2D eigenvalue weighted by atomic mass is 10.1. The highest BCUT2D eigenvalue weighted by molar-refractivity contribution is 9.10. The van der Waals surface area contributed by atoms with Crippen LogP contribution in [0.1, 0.15) is 30.6 Å². The summed E-state index contributed by atoms with van der Waals surface area (Å²) in [5, 5.41) is 0. The Labute approximate surface area is 110 Å². The van der Waals surface area contributed by atoms with Gasteiger partial charge in [-0.3, -0.25) is 4.79 Å². The van der Waals surface area contributed by atoms with Gasteiger partial charge in [0, 0.05) is 5.56 Å². The van der Waals surface area contributed by atoms with E-state index in [0.29, 0.717) is 29.6 Å². The minimum Gasteiger partial charge on any atom is -0.493 e. The van der Waals surface area contributed by atoms with Crippen LogP contribution in [-0.4, -0.2) is 20.0 Å². The van der Waals surface area contributed by atoms with Gasteiger partial charge in [0.05, 0.1) is 18.2 Å². The molecular weight excluding hydrogens is 284 g/mol. The minimum atomic E-state index is 0.484. The molecule has 0 aliphatic carbocycles. The molecule has 0 N–H and O–H groups in total. The highest BCUT2D eigenvalue weighted by Crippen LogP contribution is 2.36. The maximum Gasteiger partial charge on any atom is 0.175 e. The second-order valence-electron chi connectivity index (χ2n) is 3.98. The van der Waals surface area contributed by atoms with Crippen LogP contribution in [0.15, 0.2) is 16.6 Å². The first-order valence-electron chi connectivity index (χ1n) is 5.57. The average molecular weight is 301 g/mol. The number of rotatable bonds is 6. The van der Waals surface area contributed by atoms with E-state index in [4.69, 9.17) is 9.47 Å². The van der Waals surface area contributed by atoms with Crippen LogP contribution >= 0.6 is 15.9 Å². The predicted octanol–water partition coefficient (Wildman–Crippen LogP) is 3.70. The third kappa shape index (κ3) is 3.73. The molecule has 0 spiro atoms. The number of methoxy groups -OCH3 is 1. The van der Waals surface area contributed by atoms with Gasteiger partial charge in [-0.1, -0.05) is 20.3 Å². The summed E-state index contributed by atoms with van der Waals surface area (Å²) in [6.45, 7) is 4.88. The molecule has 0 aliphatic rings. The molecule has 94 valence electrons. The van der Waals surface area contributed by atoms with E-state index in [0.717, 1.165) is 17.2 Å². The summed E-state index contributed by atoms with van der Waals surface area (Å²) >= 11 is 3.39. The third-order valence-corrected chi connectivity index (χ3v) is 3.19. The summed E-state index contributed by atoms with van der Waals surface area (Å²) in [7, 11) is 1.56. The van der Waals surface area contributed by atoms with Crippen LogP contribution in [0.2, 0.25) is 0 Å². The van der Waals surface area contributed by atoms with E-state index in [1.807, 2.05) is 0 Å². The maximum absolute atomic E-state index is 10.7. The van der Waals surface area contributed by atoms with Gasteiger partial charge in [0.25, 0.3) is 0 Å². The Kier molecular flexibility index (Phi) is 5.48. The lowest BCUT2D eigenvalue weighted by Crippen LogP contribution is -2.08. The molecule has 0 fully saturated rings. The van der Waals surface area contributed by atoms with Crippen molar-refractivity contribution in [3.8, 4) is 11.5 Å². The van der Waals surface area contributed by atoms with Crippen LogP contribution < -0.4 is 9.47 Å². The van der Waals surface area contributed by atoms with Gasteiger partial charge in [0.15, 0.2) is 11.5 Å². The summed E-state index contributed by atoms with van der Waals surface area (Å²) in [4.78, 5) is 10.7. The van der Waals surface area contributed by atoms with Crippen LogP contribution in [0.25, 0.3) is 0 Å². The van der Waals surface area contributed by atoms with Crippen molar-refractivity contribution in [3.05, 3.63) is 22.2 Å². The van der Waals surface area contributed by atoms with Gasteiger partial charge < -0.3 is 9.47 Å². The Morgan fingerprint density at radius 3 is 2.71 bits per heavy atom. The van der Waals surface area contributed by atoms with Crippen LogP contribution in [0.5, 0.6) is 11.5 Å². The van der Waals surface area contributed by atoms with E-state index < -0.39 is 0 Å². The Morgan fingerprint density at radius 1 is 1.47 bits per heavy atom. The van der Waals surface area contributed by atoms with E-state index in [1.54, 1.807) is 19.2 Å². The highest BCUT2D eigenvalue weighted by Gasteiger charge is 2.12. The molecule has 1 rings (SSSR count). The monoisotopic (exact) mass is 300 g/mol. The standard InChI is InChI=1S/C13H17BrO3/c1-4-9(2)8-17-13-11(14)5-10(7-15)6-12(13)16-3/h5-7,9H,4,8H2,1-3H3. The Morgan fingerprint density at radius 2 is 2.18 bits per heavy atom. The smallest absolute Gasteiger partial charge is 0.175 e. The SMILES string of the molecule is CCC(C)COc1c(Br)cc(C=O)cc1OC. The molecule has 0 aromatic heterocycles. The van der Waals surface area contributed by atoms with Crippen molar-refractivity contribution in [2.75, 3.05) is 13.7 Å². The van der Waals surface area contributed by atoms with Gasteiger partial charge in [-0.2, -0.15) is 0 Å².